The van der Waals surface area contributed by atoms with Gasteiger partial charge >= 0.3 is 6.09 Å². The number of ether oxygens (including phenoxy) is 3. The van der Waals surface area contributed by atoms with Crippen LogP contribution in [0.15, 0.2) is 66.7 Å². The zero-order valence-electron chi connectivity index (χ0n) is 33.1. The van der Waals surface area contributed by atoms with Gasteiger partial charge in [-0.25, -0.2) is 9.48 Å². The van der Waals surface area contributed by atoms with Crippen LogP contribution >= 0.6 is 0 Å². The fraction of sp³-hybridized carbons (Fsp3) is 0.535. The maximum Gasteiger partial charge on any atom is 0.410 e. The number of nitrogens with one attached hydrogen (secondary N) is 2. The molecule has 7 rings (SSSR count). The second kappa shape index (κ2) is 19.8. The third-order valence-electron chi connectivity index (χ3n) is 11.5. The van der Waals surface area contributed by atoms with E-state index in [1.54, 1.807) is 26.8 Å². The van der Waals surface area contributed by atoms with Crippen LogP contribution < -0.4 is 15.4 Å². The molecule has 2 aliphatic carbocycles. The molecular weight excluding hydrogens is 743 g/mol. The molecule has 3 heterocycles. The van der Waals surface area contributed by atoms with Crippen molar-refractivity contribution in [3.63, 3.8) is 0 Å². The molecule has 5 amide bonds. The molecule has 58 heavy (non-hydrogen) atoms. The van der Waals surface area contributed by atoms with Gasteiger partial charge in [-0.2, -0.15) is 5.10 Å². The molecule has 1 aromatic heterocycles. The van der Waals surface area contributed by atoms with Crippen molar-refractivity contribution in [2.75, 3.05) is 45.9 Å². The van der Waals surface area contributed by atoms with Crippen LogP contribution in [0.25, 0.3) is 5.69 Å². The Bertz CT molecular complexity index is 1860. The Morgan fingerprint density at radius 2 is 1.50 bits per heavy atom. The lowest BCUT2D eigenvalue weighted by Gasteiger charge is -2.37. The smallest absolute Gasteiger partial charge is 0.410 e. The molecule has 0 unspecified atom stereocenters. The first-order valence-electron chi connectivity index (χ1n) is 20.9. The van der Waals surface area contributed by atoms with Crippen LogP contribution in [0.4, 0.5) is 4.79 Å². The molecule has 2 saturated heterocycles. The van der Waals surface area contributed by atoms with E-state index < -0.39 is 18.0 Å². The van der Waals surface area contributed by atoms with Gasteiger partial charge in [0.2, 0.25) is 17.7 Å². The Kier molecular flexibility index (Phi) is 13.9. The molecule has 2 aromatic carbocycles. The Morgan fingerprint density at radius 3 is 2.19 bits per heavy atom. The molecule has 15 nitrogen and oxygen atoms in total. The number of para-hydroxylation sites is 1. The Hall–Kier alpha value is -5.44. The molecule has 2 saturated carbocycles. The number of piperazine rings is 1. The van der Waals surface area contributed by atoms with Gasteiger partial charge in [-0.1, -0.05) is 48.5 Å². The van der Waals surface area contributed by atoms with E-state index >= 15 is 0 Å². The van der Waals surface area contributed by atoms with Crippen LogP contribution in [0.5, 0.6) is 5.88 Å². The van der Waals surface area contributed by atoms with E-state index in [1.165, 1.54) is 10.7 Å². The lowest BCUT2D eigenvalue weighted by molar-refractivity contribution is -0.140. The summed E-state index contributed by atoms with van der Waals surface area (Å²) in [6.45, 7) is 2.42. The number of rotatable bonds is 17. The standard InChI is InChI=1S/C43H55N7O8/c51-38(49-22-11-21-37(49)41(53)44-32-14-9-15-32)30-57-39-28-36(46-50(39)33-16-5-2-6-17-33)40(52)45-35(20-7-8-27-56-29-31-12-3-1-4-13-31)42(54)47-23-25-48(26-24-47)43(55)58-34-18-10-19-34/h1-6,12-13,16-17,28,32,34-35,37H,7-11,14-15,18-27,29-30H2,(H,44,53)(H,45,52)/t35-,37-/m0/s1. The highest BCUT2D eigenvalue weighted by Crippen LogP contribution is 2.25. The quantitative estimate of drug-likeness (QED) is 0.190. The molecule has 4 aliphatic rings. The van der Waals surface area contributed by atoms with Gasteiger partial charge in [0.05, 0.1) is 12.3 Å². The van der Waals surface area contributed by atoms with Crippen molar-refractivity contribution < 1.29 is 38.2 Å². The van der Waals surface area contributed by atoms with Crippen molar-refractivity contribution in [1.29, 1.82) is 0 Å². The van der Waals surface area contributed by atoms with Gasteiger partial charge in [0.25, 0.3) is 11.8 Å². The van der Waals surface area contributed by atoms with Crippen molar-refractivity contribution in [2.24, 2.45) is 0 Å². The highest BCUT2D eigenvalue weighted by atomic mass is 16.6. The van der Waals surface area contributed by atoms with Crippen LogP contribution in [0.2, 0.25) is 0 Å². The molecule has 2 atom stereocenters. The van der Waals surface area contributed by atoms with E-state index in [-0.39, 0.29) is 54.1 Å². The minimum absolute atomic E-state index is 0.0118. The summed E-state index contributed by atoms with van der Waals surface area (Å²) in [5.74, 6) is -1.09. The lowest BCUT2D eigenvalue weighted by Crippen LogP contribution is -2.56. The van der Waals surface area contributed by atoms with Gasteiger partial charge in [-0.05, 0) is 88.3 Å². The van der Waals surface area contributed by atoms with Crippen molar-refractivity contribution in [3.05, 3.63) is 78.0 Å². The Balaban J connectivity index is 0.999. The van der Waals surface area contributed by atoms with E-state index in [2.05, 4.69) is 15.7 Å². The normalized spacial score (nSPS) is 18.8. The van der Waals surface area contributed by atoms with E-state index in [1.807, 2.05) is 48.5 Å². The second-order valence-electron chi connectivity index (χ2n) is 15.6. The second-order valence-corrected chi connectivity index (χ2v) is 15.6. The average Bonchev–Trinajstić information content (AvgIpc) is 3.90. The Labute approximate surface area is 339 Å². The van der Waals surface area contributed by atoms with Crippen LogP contribution in [0.1, 0.15) is 86.7 Å². The molecule has 2 aliphatic heterocycles. The van der Waals surface area contributed by atoms with Gasteiger partial charge in [-0.3, -0.25) is 19.2 Å². The minimum Gasteiger partial charge on any atom is -0.467 e. The minimum atomic E-state index is -0.860. The number of nitrogens with zero attached hydrogens (tertiary/aromatic N) is 5. The maximum atomic E-state index is 14.1. The number of carbonyl (C=O) groups is 5. The molecule has 3 aromatic rings. The summed E-state index contributed by atoms with van der Waals surface area (Å²) in [5.41, 5.74) is 1.70. The molecular formula is C43H55N7O8. The van der Waals surface area contributed by atoms with Gasteiger partial charge in [0.15, 0.2) is 12.3 Å². The molecule has 0 spiro atoms. The first-order valence-corrected chi connectivity index (χ1v) is 20.9. The number of hydrogen-bond acceptors (Lipinski definition) is 9. The molecule has 310 valence electrons. The van der Waals surface area contributed by atoms with E-state index in [4.69, 9.17) is 14.2 Å². The van der Waals surface area contributed by atoms with Crippen LogP contribution in [0, 0.1) is 0 Å². The maximum absolute atomic E-state index is 14.1. The van der Waals surface area contributed by atoms with Crippen molar-refractivity contribution in [3.8, 4) is 11.6 Å². The highest BCUT2D eigenvalue weighted by molar-refractivity contribution is 5.96. The summed E-state index contributed by atoms with van der Waals surface area (Å²) in [4.78, 5) is 72.0. The highest BCUT2D eigenvalue weighted by Gasteiger charge is 2.36. The third-order valence-corrected chi connectivity index (χ3v) is 11.5. The van der Waals surface area contributed by atoms with Gasteiger partial charge in [0.1, 0.15) is 18.2 Å². The monoisotopic (exact) mass is 797 g/mol. The molecule has 2 N–H and O–H groups in total. The van der Waals surface area contributed by atoms with Gasteiger partial charge in [0, 0.05) is 51.4 Å². The van der Waals surface area contributed by atoms with Crippen molar-refractivity contribution >= 4 is 29.7 Å². The Morgan fingerprint density at radius 1 is 0.793 bits per heavy atom. The number of unbranched alkanes of at least 4 members (excludes halogenated alkanes) is 1. The fourth-order valence-corrected chi connectivity index (χ4v) is 7.58. The molecule has 4 fully saturated rings. The van der Waals surface area contributed by atoms with Crippen molar-refractivity contribution in [2.45, 2.75) is 101 Å². The summed E-state index contributed by atoms with van der Waals surface area (Å²) in [6.07, 6.45) is 8.48. The number of carbonyl (C=O) groups excluding carboxylic acids is 5. The van der Waals surface area contributed by atoms with Gasteiger partial charge in [-0.15, -0.1) is 0 Å². The summed E-state index contributed by atoms with van der Waals surface area (Å²) >= 11 is 0. The topological polar surface area (TPSA) is 165 Å². The van der Waals surface area contributed by atoms with E-state index in [0.717, 1.165) is 50.5 Å². The van der Waals surface area contributed by atoms with E-state index in [0.29, 0.717) is 77.3 Å². The predicted octanol–water partition coefficient (Wildman–Crippen LogP) is 4.23. The molecule has 0 bridgehead atoms. The molecule has 0 radical (unpaired) electrons. The molecule has 15 heteroatoms. The van der Waals surface area contributed by atoms with Crippen molar-refractivity contribution in [1.82, 2.24) is 35.1 Å². The SMILES string of the molecule is O=C(N[C@@H](CCCCOCc1ccccc1)C(=O)N1CCN(C(=O)OC2CCC2)CC1)c1cc(OCC(=O)N2CCC[C@H]2C(=O)NC2CCC2)n(-c2ccccc2)n1. The number of likely N-dealkylation sites (tertiary alicyclic amines) is 1. The third kappa shape index (κ3) is 10.5. The summed E-state index contributed by atoms with van der Waals surface area (Å²) in [6, 6.07) is 19.3. The summed E-state index contributed by atoms with van der Waals surface area (Å²) in [5, 5.41) is 10.6. The van der Waals surface area contributed by atoms with Crippen LogP contribution in [-0.4, -0.2) is 124 Å². The predicted molar refractivity (Wildman–Crippen MR) is 213 cm³/mol. The summed E-state index contributed by atoms with van der Waals surface area (Å²) in [7, 11) is 0. The lowest BCUT2D eigenvalue weighted by atomic mass is 9.93. The van der Waals surface area contributed by atoms with E-state index in [9.17, 15) is 24.0 Å². The number of aromatic nitrogens is 2. The number of hydrogen-bond donors (Lipinski definition) is 2. The number of amides is 5. The zero-order valence-corrected chi connectivity index (χ0v) is 33.1. The zero-order chi connectivity index (χ0) is 40.3. The largest absolute Gasteiger partial charge is 0.467 e. The first-order chi connectivity index (χ1) is 28.3. The fourth-order valence-electron chi connectivity index (χ4n) is 7.58. The van der Waals surface area contributed by atoms with Crippen LogP contribution in [-0.2, 0) is 30.5 Å². The number of benzene rings is 2. The first kappa shape index (κ1) is 40.7. The summed E-state index contributed by atoms with van der Waals surface area (Å²) < 4.78 is 18.9. The van der Waals surface area contributed by atoms with Gasteiger partial charge < -0.3 is 39.5 Å². The van der Waals surface area contributed by atoms with Crippen LogP contribution in [0.3, 0.4) is 0 Å². The average molecular weight is 798 g/mol.